The Balaban J connectivity index is 1.70. The Kier molecular flexibility index (Phi) is 5.51. The first-order chi connectivity index (χ1) is 12.1. The zero-order valence-corrected chi connectivity index (χ0v) is 15.1. The molecule has 0 unspecified atom stereocenters. The van der Waals surface area contributed by atoms with Crippen LogP contribution in [-0.2, 0) is 6.54 Å². The topological polar surface area (TPSA) is 49.8 Å². The summed E-state index contributed by atoms with van der Waals surface area (Å²) in [5.41, 5.74) is 3.42. The lowest BCUT2D eigenvalue weighted by Gasteiger charge is -2.14. The summed E-state index contributed by atoms with van der Waals surface area (Å²) in [6.07, 6.45) is 1.75. The second-order valence-corrected chi connectivity index (χ2v) is 6.55. The molecule has 2 aromatic carbocycles. The molecule has 3 aromatic rings. The van der Waals surface area contributed by atoms with Crippen LogP contribution in [0.25, 0.3) is 0 Å². The number of hydrogen-bond donors (Lipinski definition) is 2. The van der Waals surface area contributed by atoms with E-state index in [1.165, 1.54) is 5.56 Å². The molecule has 4 nitrogen and oxygen atoms in total. The van der Waals surface area contributed by atoms with Crippen LogP contribution >= 0.6 is 11.6 Å². The van der Waals surface area contributed by atoms with Crippen molar-refractivity contribution in [3.8, 4) is 0 Å². The summed E-state index contributed by atoms with van der Waals surface area (Å²) in [5.74, 6) is 1.78. The first-order valence-electron chi connectivity index (χ1n) is 8.29. The van der Waals surface area contributed by atoms with E-state index in [0.29, 0.717) is 18.4 Å². The molecule has 1 heterocycles. The van der Waals surface area contributed by atoms with E-state index in [4.69, 9.17) is 11.6 Å². The summed E-state index contributed by atoms with van der Waals surface area (Å²) in [6, 6.07) is 17.8. The second-order valence-electron chi connectivity index (χ2n) is 6.11. The van der Waals surface area contributed by atoms with Crippen LogP contribution in [0, 0.1) is 0 Å². The number of anilines is 3. The van der Waals surface area contributed by atoms with Crippen molar-refractivity contribution in [2.75, 3.05) is 10.6 Å². The predicted octanol–water partition coefficient (Wildman–Crippen LogP) is 5.61. The van der Waals surface area contributed by atoms with Gasteiger partial charge in [-0.2, -0.15) is 4.98 Å². The average Bonchev–Trinajstić information content (AvgIpc) is 2.62. The van der Waals surface area contributed by atoms with Gasteiger partial charge in [-0.05, 0) is 41.3 Å². The maximum atomic E-state index is 5.91. The van der Waals surface area contributed by atoms with Crippen molar-refractivity contribution in [2.24, 2.45) is 0 Å². The van der Waals surface area contributed by atoms with Crippen LogP contribution < -0.4 is 10.6 Å². The predicted molar refractivity (Wildman–Crippen MR) is 105 cm³/mol. The van der Waals surface area contributed by atoms with Gasteiger partial charge in [0.25, 0.3) is 0 Å². The summed E-state index contributed by atoms with van der Waals surface area (Å²) in [7, 11) is 0. The van der Waals surface area contributed by atoms with Crippen molar-refractivity contribution in [3.05, 3.63) is 76.9 Å². The highest BCUT2D eigenvalue weighted by Gasteiger charge is 2.07. The smallest absolute Gasteiger partial charge is 0.229 e. The fourth-order valence-corrected chi connectivity index (χ4v) is 2.67. The second kappa shape index (κ2) is 7.99. The number of benzene rings is 2. The normalized spacial score (nSPS) is 10.7. The van der Waals surface area contributed by atoms with Gasteiger partial charge in [0.05, 0.1) is 0 Å². The molecule has 0 spiro atoms. The van der Waals surface area contributed by atoms with Crippen LogP contribution in [-0.4, -0.2) is 9.97 Å². The van der Waals surface area contributed by atoms with Gasteiger partial charge in [-0.3, -0.25) is 0 Å². The Labute approximate surface area is 153 Å². The van der Waals surface area contributed by atoms with Crippen LogP contribution in [0.2, 0.25) is 5.02 Å². The Hall–Kier alpha value is -2.59. The molecule has 0 aliphatic heterocycles. The van der Waals surface area contributed by atoms with E-state index < -0.39 is 0 Å². The van der Waals surface area contributed by atoms with Gasteiger partial charge in [-0.15, -0.1) is 0 Å². The van der Waals surface area contributed by atoms with Crippen molar-refractivity contribution in [2.45, 2.75) is 26.3 Å². The van der Waals surface area contributed by atoms with Gasteiger partial charge >= 0.3 is 0 Å². The van der Waals surface area contributed by atoms with Crippen LogP contribution in [0.5, 0.6) is 0 Å². The highest BCUT2D eigenvalue weighted by atomic mass is 35.5. The fraction of sp³-hybridized carbons (Fsp3) is 0.200. The van der Waals surface area contributed by atoms with Gasteiger partial charge in [0.1, 0.15) is 5.82 Å². The third kappa shape index (κ3) is 4.70. The van der Waals surface area contributed by atoms with Gasteiger partial charge in [0.15, 0.2) is 0 Å². The first kappa shape index (κ1) is 17.2. The molecule has 25 heavy (non-hydrogen) atoms. The van der Waals surface area contributed by atoms with E-state index in [9.17, 15) is 0 Å². The van der Waals surface area contributed by atoms with Crippen molar-refractivity contribution in [1.29, 1.82) is 0 Å². The highest BCUT2D eigenvalue weighted by Crippen LogP contribution is 2.25. The van der Waals surface area contributed by atoms with Crippen LogP contribution in [0.1, 0.15) is 30.9 Å². The Morgan fingerprint density at radius 2 is 1.76 bits per heavy atom. The van der Waals surface area contributed by atoms with E-state index in [1.807, 2.05) is 48.5 Å². The molecule has 0 fully saturated rings. The molecule has 128 valence electrons. The number of hydrogen-bond acceptors (Lipinski definition) is 4. The molecular formula is C20H21ClN4. The molecule has 3 rings (SSSR count). The number of nitrogens with one attached hydrogen (secondary N) is 2. The standard InChI is InChI=1S/C20H21ClN4/c1-14(2)17-5-3-4-6-18(17)24-20-22-12-11-19(25-20)23-13-15-7-9-16(21)10-8-15/h3-12,14H,13H2,1-2H3,(H2,22,23,24,25). The number of para-hydroxylation sites is 1. The third-order valence-electron chi connectivity index (χ3n) is 3.87. The molecule has 0 amide bonds. The molecule has 0 saturated carbocycles. The van der Waals surface area contributed by atoms with Crippen molar-refractivity contribution in [3.63, 3.8) is 0 Å². The van der Waals surface area contributed by atoms with Crippen LogP contribution in [0.3, 0.4) is 0 Å². The van der Waals surface area contributed by atoms with Gasteiger partial charge in [-0.25, -0.2) is 4.98 Å². The van der Waals surface area contributed by atoms with E-state index in [-0.39, 0.29) is 0 Å². The third-order valence-corrected chi connectivity index (χ3v) is 4.12. The monoisotopic (exact) mass is 352 g/mol. The summed E-state index contributed by atoms with van der Waals surface area (Å²) in [6.45, 7) is 5.02. The Morgan fingerprint density at radius 3 is 2.52 bits per heavy atom. The minimum absolute atomic E-state index is 0.426. The Bertz CT molecular complexity index is 831. The fourth-order valence-electron chi connectivity index (χ4n) is 2.55. The lowest BCUT2D eigenvalue weighted by atomic mass is 10.0. The maximum Gasteiger partial charge on any atom is 0.229 e. The number of nitrogens with zero attached hydrogens (tertiary/aromatic N) is 2. The number of halogens is 1. The quantitative estimate of drug-likeness (QED) is 0.605. The van der Waals surface area contributed by atoms with E-state index >= 15 is 0 Å². The Morgan fingerprint density at radius 1 is 1.00 bits per heavy atom. The summed E-state index contributed by atoms with van der Waals surface area (Å²) in [4.78, 5) is 8.86. The van der Waals surface area contributed by atoms with E-state index in [2.05, 4.69) is 40.5 Å². The average molecular weight is 353 g/mol. The molecule has 0 aliphatic rings. The van der Waals surface area contributed by atoms with E-state index in [1.54, 1.807) is 6.20 Å². The zero-order valence-electron chi connectivity index (χ0n) is 14.3. The SMILES string of the molecule is CC(C)c1ccccc1Nc1nccc(NCc2ccc(Cl)cc2)n1. The minimum atomic E-state index is 0.426. The van der Waals surface area contributed by atoms with Gasteiger partial charge in [-0.1, -0.05) is 55.8 Å². The van der Waals surface area contributed by atoms with Gasteiger partial charge < -0.3 is 10.6 Å². The number of rotatable bonds is 6. The largest absolute Gasteiger partial charge is 0.366 e. The lowest BCUT2D eigenvalue weighted by molar-refractivity contribution is 0.868. The molecule has 0 aliphatic carbocycles. The molecule has 2 N–H and O–H groups in total. The number of aromatic nitrogens is 2. The molecule has 0 bridgehead atoms. The van der Waals surface area contributed by atoms with Gasteiger partial charge in [0.2, 0.25) is 5.95 Å². The lowest BCUT2D eigenvalue weighted by Crippen LogP contribution is -2.05. The van der Waals surface area contributed by atoms with Gasteiger partial charge in [0, 0.05) is 23.5 Å². The summed E-state index contributed by atoms with van der Waals surface area (Å²) >= 11 is 5.91. The van der Waals surface area contributed by atoms with Crippen molar-refractivity contribution >= 4 is 29.1 Å². The minimum Gasteiger partial charge on any atom is -0.366 e. The van der Waals surface area contributed by atoms with Crippen molar-refractivity contribution in [1.82, 2.24) is 9.97 Å². The molecule has 5 heteroatoms. The highest BCUT2D eigenvalue weighted by molar-refractivity contribution is 6.30. The molecule has 1 aromatic heterocycles. The van der Waals surface area contributed by atoms with Crippen LogP contribution in [0.4, 0.5) is 17.5 Å². The summed E-state index contributed by atoms with van der Waals surface area (Å²) in [5, 5.41) is 7.37. The maximum absolute atomic E-state index is 5.91. The molecule has 0 radical (unpaired) electrons. The van der Waals surface area contributed by atoms with Crippen LogP contribution in [0.15, 0.2) is 60.8 Å². The zero-order chi connectivity index (χ0) is 17.6. The van der Waals surface area contributed by atoms with E-state index in [0.717, 1.165) is 22.1 Å². The van der Waals surface area contributed by atoms with Crippen molar-refractivity contribution < 1.29 is 0 Å². The molecule has 0 saturated heterocycles. The summed E-state index contributed by atoms with van der Waals surface area (Å²) < 4.78 is 0. The molecular weight excluding hydrogens is 332 g/mol. The first-order valence-corrected chi connectivity index (χ1v) is 8.67. The molecule has 0 atom stereocenters.